The van der Waals surface area contributed by atoms with E-state index in [1.807, 2.05) is 13.0 Å². The Morgan fingerprint density at radius 3 is 2.61 bits per heavy atom. The van der Waals surface area contributed by atoms with Gasteiger partial charge in [0.15, 0.2) is 5.58 Å². The molecule has 0 saturated carbocycles. The maximum absolute atomic E-state index is 12.9. The van der Waals surface area contributed by atoms with Crippen molar-refractivity contribution in [3.05, 3.63) is 47.8 Å². The zero-order valence-electron chi connectivity index (χ0n) is 9.77. The first-order chi connectivity index (χ1) is 8.63. The summed E-state index contributed by atoms with van der Waals surface area (Å²) in [6.07, 6.45) is 0. The summed E-state index contributed by atoms with van der Waals surface area (Å²) in [6.45, 7) is 1.91. The van der Waals surface area contributed by atoms with Gasteiger partial charge in [-0.1, -0.05) is 0 Å². The summed E-state index contributed by atoms with van der Waals surface area (Å²) in [5.74, 6) is 0.189. The van der Waals surface area contributed by atoms with Gasteiger partial charge in [-0.2, -0.15) is 0 Å². The fourth-order valence-electron chi connectivity index (χ4n) is 1.94. The lowest BCUT2D eigenvalue weighted by molar-refractivity contribution is 0.614. The van der Waals surface area contributed by atoms with E-state index >= 15 is 0 Å². The third kappa shape index (κ3) is 1.72. The molecule has 0 radical (unpaired) electrons. The predicted molar refractivity (Wildman–Crippen MR) is 68.6 cm³/mol. The number of hydrogen-bond donors (Lipinski definition) is 1. The lowest BCUT2D eigenvalue weighted by Crippen LogP contribution is -1.85. The Labute approximate surface area is 103 Å². The molecule has 0 amide bonds. The molecule has 0 atom stereocenters. The molecule has 18 heavy (non-hydrogen) atoms. The van der Waals surface area contributed by atoms with E-state index in [0.717, 1.165) is 11.1 Å². The maximum atomic E-state index is 12.9. The molecular formula is C14H11FN2O. The van der Waals surface area contributed by atoms with E-state index in [-0.39, 0.29) is 5.82 Å². The first kappa shape index (κ1) is 10.8. The minimum atomic E-state index is -0.282. The monoisotopic (exact) mass is 242 g/mol. The summed E-state index contributed by atoms with van der Waals surface area (Å²) in [7, 11) is 0. The van der Waals surface area contributed by atoms with E-state index in [1.165, 1.54) is 12.1 Å². The lowest BCUT2D eigenvalue weighted by Gasteiger charge is -1.95. The van der Waals surface area contributed by atoms with Crippen LogP contribution in [-0.2, 0) is 0 Å². The van der Waals surface area contributed by atoms with Crippen LogP contribution in [0.4, 0.5) is 10.1 Å². The smallest absolute Gasteiger partial charge is 0.227 e. The van der Waals surface area contributed by atoms with Gasteiger partial charge in [0.25, 0.3) is 0 Å². The van der Waals surface area contributed by atoms with E-state index in [9.17, 15) is 4.39 Å². The average Bonchev–Trinajstić information content (AvgIpc) is 2.74. The first-order valence-electron chi connectivity index (χ1n) is 5.56. The fraction of sp³-hybridized carbons (Fsp3) is 0.0714. The van der Waals surface area contributed by atoms with Crippen LogP contribution in [-0.4, -0.2) is 4.98 Å². The van der Waals surface area contributed by atoms with Crippen LogP contribution in [0.25, 0.3) is 22.6 Å². The summed E-state index contributed by atoms with van der Waals surface area (Å²) >= 11 is 0. The molecule has 0 fully saturated rings. The first-order valence-corrected chi connectivity index (χ1v) is 5.56. The number of nitrogens with two attached hydrogens (primary N) is 1. The minimum Gasteiger partial charge on any atom is -0.436 e. The van der Waals surface area contributed by atoms with E-state index in [0.29, 0.717) is 22.7 Å². The fourth-order valence-corrected chi connectivity index (χ4v) is 1.94. The number of benzene rings is 2. The number of anilines is 1. The van der Waals surface area contributed by atoms with Crippen molar-refractivity contribution >= 4 is 16.8 Å². The van der Waals surface area contributed by atoms with Crippen LogP contribution in [0.5, 0.6) is 0 Å². The lowest BCUT2D eigenvalue weighted by atomic mass is 10.2. The van der Waals surface area contributed by atoms with Crippen LogP contribution in [0.1, 0.15) is 5.56 Å². The van der Waals surface area contributed by atoms with Gasteiger partial charge in [0.05, 0.1) is 0 Å². The van der Waals surface area contributed by atoms with Crippen LogP contribution in [0.2, 0.25) is 0 Å². The van der Waals surface area contributed by atoms with Gasteiger partial charge in [0.2, 0.25) is 5.89 Å². The van der Waals surface area contributed by atoms with E-state index in [1.54, 1.807) is 18.2 Å². The number of oxazole rings is 1. The third-order valence-electron chi connectivity index (χ3n) is 2.79. The second kappa shape index (κ2) is 3.84. The van der Waals surface area contributed by atoms with E-state index < -0.39 is 0 Å². The molecule has 0 spiro atoms. The molecule has 0 bridgehead atoms. The van der Waals surface area contributed by atoms with Crippen LogP contribution in [0.15, 0.2) is 40.8 Å². The van der Waals surface area contributed by atoms with Gasteiger partial charge in [-0.15, -0.1) is 0 Å². The Morgan fingerprint density at radius 1 is 1.17 bits per heavy atom. The molecule has 0 unspecified atom stereocenters. The molecule has 1 aromatic heterocycles. The number of aryl methyl sites for hydroxylation is 1. The minimum absolute atomic E-state index is 0.282. The van der Waals surface area contributed by atoms with Gasteiger partial charge in [-0.05, 0) is 48.9 Å². The van der Waals surface area contributed by atoms with Crippen molar-refractivity contribution in [3.63, 3.8) is 0 Å². The van der Waals surface area contributed by atoms with Crippen LogP contribution >= 0.6 is 0 Å². The summed E-state index contributed by atoms with van der Waals surface area (Å²) in [5, 5.41) is 0. The number of rotatable bonds is 1. The Kier molecular flexibility index (Phi) is 2.30. The van der Waals surface area contributed by atoms with E-state index in [4.69, 9.17) is 10.2 Å². The quantitative estimate of drug-likeness (QED) is 0.664. The molecule has 90 valence electrons. The van der Waals surface area contributed by atoms with Crippen LogP contribution < -0.4 is 5.73 Å². The van der Waals surface area contributed by atoms with Crippen molar-refractivity contribution in [2.24, 2.45) is 0 Å². The molecule has 0 saturated heterocycles. The van der Waals surface area contributed by atoms with Gasteiger partial charge in [0.1, 0.15) is 11.3 Å². The summed E-state index contributed by atoms with van der Waals surface area (Å²) in [5.41, 5.74) is 9.52. The van der Waals surface area contributed by atoms with Crippen LogP contribution in [0, 0.1) is 12.7 Å². The Hall–Kier alpha value is -2.36. The van der Waals surface area contributed by atoms with Gasteiger partial charge in [0, 0.05) is 11.3 Å². The van der Waals surface area contributed by atoms with Crippen molar-refractivity contribution in [1.29, 1.82) is 0 Å². The van der Waals surface area contributed by atoms with Crippen molar-refractivity contribution < 1.29 is 8.81 Å². The highest BCUT2D eigenvalue weighted by atomic mass is 19.1. The Bertz CT molecular complexity index is 716. The van der Waals surface area contributed by atoms with Crippen LogP contribution in [0.3, 0.4) is 0 Å². The highest BCUT2D eigenvalue weighted by Crippen LogP contribution is 2.28. The molecule has 1 heterocycles. The predicted octanol–water partition coefficient (Wildman–Crippen LogP) is 3.52. The number of halogens is 1. The van der Waals surface area contributed by atoms with Gasteiger partial charge in [-0.25, -0.2) is 9.37 Å². The molecule has 0 aliphatic heterocycles. The molecule has 3 nitrogen and oxygen atoms in total. The van der Waals surface area contributed by atoms with Crippen molar-refractivity contribution in [2.75, 3.05) is 5.73 Å². The molecule has 3 aromatic rings. The van der Waals surface area contributed by atoms with E-state index in [2.05, 4.69) is 4.98 Å². The van der Waals surface area contributed by atoms with Crippen molar-refractivity contribution in [2.45, 2.75) is 6.92 Å². The normalized spacial score (nSPS) is 11.0. The SMILES string of the molecule is Cc1cc(N)cc2nc(-c3ccc(F)cc3)oc12. The maximum Gasteiger partial charge on any atom is 0.227 e. The number of hydrogen-bond acceptors (Lipinski definition) is 3. The molecule has 0 aliphatic rings. The van der Waals surface area contributed by atoms with Gasteiger partial charge < -0.3 is 10.2 Å². The van der Waals surface area contributed by atoms with Crippen molar-refractivity contribution in [1.82, 2.24) is 4.98 Å². The molecular weight excluding hydrogens is 231 g/mol. The number of nitrogen functional groups attached to an aromatic ring is 1. The largest absolute Gasteiger partial charge is 0.436 e. The molecule has 2 N–H and O–H groups in total. The second-order valence-corrected chi connectivity index (χ2v) is 4.21. The standard InChI is InChI=1S/C14H11FN2O/c1-8-6-11(16)7-12-13(8)18-14(17-12)9-2-4-10(15)5-3-9/h2-7H,16H2,1H3. The van der Waals surface area contributed by atoms with Gasteiger partial charge >= 0.3 is 0 Å². The highest BCUT2D eigenvalue weighted by molar-refractivity contribution is 5.82. The summed E-state index contributed by atoms with van der Waals surface area (Å²) in [4.78, 5) is 4.37. The Morgan fingerprint density at radius 2 is 1.89 bits per heavy atom. The second-order valence-electron chi connectivity index (χ2n) is 4.21. The van der Waals surface area contributed by atoms with Crippen molar-refractivity contribution in [3.8, 4) is 11.5 Å². The molecule has 3 rings (SSSR count). The number of fused-ring (bicyclic) bond motifs is 1. The summed E-state index contributed by atoms with van der Waals surface area (Å²) in [6, 6.07) is 9.63. The number of aromatic nitrogens is 1. The zero-order valence-corrected chi connectivity index (χ0v) is 9.77. The molecule has 4 heteroatoms. The molecule has 0 aliphatic carbocycles. The zero-order chi connectivity index (χ0) is 12.7. The third-order valence-corrected chi connectivity index (χ3v) is 2.79. The summed E-state index contributed by atoms with van der Waals surface area (Å²) < 4.78 is 18.5. The molecule has 2 aromatic carbocycles. The Balaban J connectivity index is 2.19. The number of nitrogens with zero attached hydrogens (tertiary/aromatic N) is 1. The highest BCUT2D eigenvalue weighted by Gasteiger charge is 2.10. The van der Waals surface area contributed by atoms with Gasteiger partial charge in [-0.3, -0.25) is 0 Å². The topological polar surface area (TPSA) is 52.0 Å². The average molecular weight is 242 g/mol.